The van der Waals surface area contributed by atoms with Crippen LogP contribution in [0.25, 0.3) is 0 Å². The van der Waals surface area contributed by atoms with Crippen LogP contribution < -0.4 is 15.8 Å². The zero-order valence-corrected chi connectivity index (χ0v) is 16.8. The van der Waals surface area contributed by atoms with Crippen molar-refractivity contribution in [1.29, 1.82) is 0 Å². The average Bonchev–Trinajstić information content (AvgIpc) is 3.09. The van der Waals surface area contributed by atoms with Crippen molar-refractivity contribution in [2.45, 2.75) is 37.1 Å². The Morgan fingerprint density at radius 3 is 2.56 bits per heavy atom. The molecule has 0 aliphatic carbocycles. The van der Waals surface area contributed by atoms with Gasteiger partial charge in [0.1, 0.15) is 11.8 Å². The lowest BCUT2D eigenvalue weighted by Gasteiger charge is -2.27. The van der Waals surface area contributed by atoms with E-state index in [4.69, 9.17) is 15.2 Å². The third-order valence-corrected chi connectivity index (χ3v) is 5.18. The van der Waals surface area contributed by atoms with E-state index in [-0.39, 0.29) is 16.9 Å². The molecule has 1 saturated heterocycles. The monoisotopic (exact) mass is 459 g/mol. The first-order valence-corrected chi connectivity index (χ1v) is 9.21. The number of aromatic nitrogens is 1. The molecule has 1 fully saturated rings. The molecule has 0 saturated carbocycles. The Morgan fingerprint density at radius 1 is 1.28 bits per heavy atom. The molecule has 2 heterocycles. The maximum atomic E-state index is 14.2. The molecule has 2 unspecified atom stereocenters. The van der Waals surface area contributed by atoms with E-state index in [0.29, 0.717) is 0 Å². The summed E-state index contributed by atoms with van der Waals surface area (Å²) in [5.41, 5.74) is 2.07. The fourth-order valence-corrected chi connectivity index (χ4v) is 3.53. The van der Waals surface area contributed by atoms with E-state index in [1.807, 2.05) is 0 Å². The van der Waals surface area contributed by atoms with Crippen molar-refractivity contribution in [2.75, 3.05) is 12.4 Å². The molecule has 12 heteroatoms. The van der Waals surface area contributed by atoms with Gasteiger partial charge >= 0.3 is 6.18 Å². The summed E-state index contributed by atoms with van der Waals surface area (Å²) in [5, 5.41) is 2.34. The van der Waals surface area contributed by atoms with Crippen molar-refractivity contribution in [3.63, 3.8) is 0 Å². The lowest BCUT2D eigenvalue weighted by molar-refractivity contribution is -0.261. The van der Waals surface area contributed by atoms with Gasteiger partial charge in [0, 0.05) is 23.4 Å². The molecule has 0 bridgehead atoms. The van der Waals surface area contributed by atoms with Gasteiger partial charge in [-0.2, -0.15) is 17.6 Å². The van der Waals surface area contributed by atoms with Crippen molar-refractivity contribution < 1.29 is 41.0 Å². The van der Waals surface area contributed by atoms with Crippen LogP contribution in [0.4, 0.5) is 27.6 Å². The van der Waals surface area contributed by atoms with Crippen LogP contribution in [0.3, 0.4) is 0 Å². The van der Waals surface area contributed by atoms with Crippen molar-refractivity contribution >= 4 is 17.5 Å². The number of halogens is 5. The molecule has 1 aliphatic rings. The number of pyridine rings is 1. The fraction of sp³-hybridized carbons (Fsp3) is 0.350. The minimum Gasteiger partial charge on any atom is -0.493 e. The largest absolute Gasteiger partial charge is 0.493 e. The van der Waals surface area contributed by atoms with Gasteiger partial charge in [-0.05, 0) is 31.5 Å². The van der Waals surface area contributed by atoms with Gasteiger partial charge in [0.15, 0.2) is 17.2 Å². The topological polar surface area (TPSA) is 104 Å². The number of nitrogens with zero attached hydrogens (tertiary/aromatic N) is 1. The SMILES string of the molecule is COc1c(C2CC(C)(C(F)(F)F)O[C@@H]2C(=O)Nc2ccnc(C(N)=O)c2)ccc(F)c1F. The summed E-state index contributed by atoms with van der Waals surface area (Å²) in [4.78, 5) is 27.9. The number of carbonyl (C=O) groups excluding carboxylic acids is 2. The van der Waals surface area contributed by atoms with E-state index in [2.05, 4.69) is 10.3 Å². The number of primary amides is 1. The molecule has 32 heavy (non-hydrogen) atoms. The van der Waals surface area contributed by atoms with E-state index >= 15 is 0 Å². The minimum atomic E-state index is -4.86. The predicted molar refractivity (Wildman–Crippen MR) is 101 cm³/mol. The Kier molecular flexibility index (Phi) is 6.09. The first kappa shape index (κ1) is 23.4. The number of methoxy groups -OCH3 is 1. The van der Waals surface area contributed by atoms with E-state index in [0.717, 1.165) is 32.2 Å². The number of hydrogen-bond donors (Lipinski definition) is 2. The molecule has 3 N–H and O–H groups in total. The van der Waals surface area contributed by atoms with Gasteiger partial charge in [0.2, 0.25) is 5.82 Å². The summed E-state index contributed by atoms with van der Waals surface area (Å²) in [6.45, 7) is 0.761. The number of alkyl halides is 3. The lowest BCUT2D eigenvalue weighted by Crippen LogP contribution is -2.43. The number of anilines is 1. The second-order valence-electron chi connectivity index (χ2n) is 7.34. The molecule has 1 aromatic heterocycles. The summed E-state index contributed by atoms with van der Waals surface area (Å²) in [5.74, 6) is -6.50. The maximum Gasteiger partial charge on any atom is 0.417 e. The van der Waals surface area contributed by atoms with Crippen molar-refractivity contribution in [3.05, 3.63) is 53.4 Å². The zero-order chi connectivity index (χ0) is 23.8. The molecular weight excluding hydrogens is 441 g/mol. The predicted octanol–water partition coefficient (Wildman–Crippen LogP) is 3.30. The van der Waals surface area contributed by atoms with Gasteiger partial charge in [-0.1, -0.05) is 6.07 Å². The second kappa shape index (κ2) is 8.34. The number of hydrogen-bond acceptors (Lipinski definition) is 5. The molecule has 172 valence electrons. The molecule has 1 aliphatic heterocycles. The van der Waals surface area contributed by atoms with Crippen LogP contribution in [-0.2, 0) is 9.53 Å². The number of amides is 2. The van der Waals surface area contributed by atoms with Crippen molar-refractivity contribution in [1.82, 2.24) is 4.98 Å². The summed E-state index contributed by atoms with van der Waals surface area (Å²) >= 11 is 0. The Hall–Kier alpha value is -3.28. The third kappa shape index (κ3) is 4.22. The second-order valence-corrected chi connectivity index (χ2v) is 7.34. The quantitative estimate of drug-likeness (QED) is 0.668. The van der Waals surface area contributed by atoms with Gasteiger partial charge in [0.05, 0.1) is 7.11 Å². The molecule has 1 aromatic carbocycles. The molecule has 2 amide bonds. The molecule has 0 spiro atoms. The van der Waals surface area contributed by atoms with E-state index in [1.54, 1.807) is 0 Å². The highest BCUT2D eigenvalue weighted by atomic mass is 19.4. The molecule has 0 radical (unpaired) electrons. The Morgan fingerprint density at radius 2 is 1.97 bits per heavy atom. The van der Waals surface area contributed by atoms with Crippen LogP contribution in [-0.4, -0.2) is 41.8 Å². The molecule has 2 aromatic rings. The van der Waals surface area contributed by atoms with E-state index < -0.39 is 59.4 Å². The van der Waals surface area contributed by atoms with Crippen LogP contribution in [0.5, 0.6) is 5.75 Å². The van der Waals surface area contributed by atoms with Crippen molar-refractivity contribution in [2.24, 2.45) is 5.73 Å². The van der Waals surface area contributed by atoms with Gasteiger partial charge in [-0.3, -0.25) is 14.6 Å². The summed E-state index contributed by atoms with van der Waals surface area (Å²) in [6.07, 6.45) is -6.19. The van der Waals surface area contributed by atoms with E-state index in [9.17, 15) is 31.5 Å². The van der Waals surface area contributed by atoms with Gasteiger partial charge in [-0.15, -0.1) is 0 Å². The van der Waals surface area contributed by atoms with E-state index in [1.165, 1.54) is 12.3 Å². The number of nitrogens with one attached hydrogen (secondary N) is 1. The summed E-state index contributed by atoms with van der Waals surface area (Å²) in [6, 6.07) is 4.19. The van der Waals surface area contributed by atoms with Crippen LogP contribution in [0.2, 0.25) is 0 Å². The van der Waals surface area contributed by atoms with Gasteiger partial charge in [-0.25, -0.2) is 4.39 Å². The van der Waals surface area contributed by atoms with Crippen molar-refractivity contribution in [3.8, 4) is 5.75 Å². The Balaban J connectivity index is 2.01. The number of rotatable bonds is 5. The average molecular weight is 459 g/mol. The normalized spacial score (nSPS) is 23.1. The standard InChI is InChI=1S/C20H18F5N3O4/c1-19(20(23,24)25)8-11(10-3-4-12(21)14(22)15(10)31-2)16(32-19)18(30)28-9-5-6-27-13(7-9)17(26)29/h3-7,11,16H,8H2,1-2H3,(H2,26,29)(H,27,28,30)/t11?,16-,19?/m0/s1. The number of ether oxygens (including phenoxy) is 2. The van der Waals surface area contributed by atoms with Gasteiger partial charge in [0.25, 0.3) is 11.8 Å². The van der Waals surface area contributed by atoms with Crippen LogP contribution in [0, 0.1) is 11.6 Å². The highest BCUT2D eigenvalue weighted by Gasteiger charge is 2.61. The van der Waals surface area contributed by atoms with Crippen LogP contribution in [0.1, 0.15) is 35.3 Å². The minimum absolute atomic E-state index is 0.0269. The first-order chi connectivity index (χ1) is 14.9. The number of nitrogens with two attached hydrogens (primary N) is 1. The number of benzene rings is 1. The maximum absolute atomic E-state index is 14.2. The van der Waals surface area contributed by atoms with Crippen LogP contribution in [0.15, 0.2) is 30.5 Å². The lowest BCUT2D eigenvalue weighted by atomic mass is 9.85. The smallest absolute Gasteiger partial charge is 0.417 e. The number of carbonyl (C=O) groups is 2. The Labute approximate surface area is 178 Å². The molecular formula is C20H18F5N3O4. The zero-order valence-electron chi connectivity index (χ0n) is 16.8. The summed E-state index contributed by atoms with van der Waals surface area (Å²) in [7, 11) is 1.03. The highest BCUT2D eigenvalue weighted by molar-refractivity contribution is 5.97. The molecule has 3 rings (SSSR count). The van der Waals surface area contributed by atoms with Crippen LogP contribution >= 0.6 is 0 Å². The Bertz CT molecular complexity index is 1060. The first-order valence-electron chi connectivity index (χ1n) is 9.21. The van der Waals surface area contributed by atoms with Gasteiger partial charge < -0.3 is 20.5 Å². The fourth-order valence-electron chi connectivity index (χ4n) is 3.53. The summed E-state index contributed by atoms with van der Waals surface area (Å²) < 4.78 is 78.9. The molecule has 3 atom stereocenters. The third-order valence-electron chi connectivity index (χ3n) is 5.18. The highest BCUT2D eigenvalue weighted by Crippen LogP contribution is 2.51. The molecule has 7 nitrogen and oxygen atoms in total.